The zero-order valence-corrected chi connectivity index (χ0v) is 20.1. The highest BCUT2D eigenvalue weighted by Crippen LogP contribution is 2.33. The van der Waals surface area contributed by atoms with Gasteiger partial charge in [-0.2, -0.15) is 0 Å². The Labute approximate surface area is 207 Å². The Bertz CT molecular complexity index is 1090. The minimum atomic E-state index is 0. The maximum absolute atomic E-state index is 6.09. The third kappa shape index (κ3) is 7.77. The van der Waals surface area contributed by atoms with E-state index in [1.165, 1.54) is 22.3 Å². The van der Waals surface area contributed by atoms with Crippen LogP contribution in [0.4, 0.5) is 0 Å². The van der Waals surface area contributed by atoms with E-state index in [-0.39, 0.29) is 24.8 Å². The minimum absolute atomic E-state index is 0. The number of nitrogens with zero attached hydrogens (tertiary/aromatic N) is 2. The average molecular weight is 483 g/mol. The number of hydrogen-bond acceptors (Lipinski definition) is 4. The zero-order chi connectivity index (χ0) is 21.3. The molecule has 0 aliphatic heterocycles. The molecular formula is C27H28Cl2N2O2. The molecule has 2 aromatic carbocycles. The number of benzene rings is 2. The van der Waals surface area contributed by atoms with Crippen LogP contribution in [0.15, 0.2) is 91.5 Å². The van der Waals surface area contributed by atoms with Crippen molar-refractivity contribution >= 4 is 24.8 Å². The van der Waals surface area contributed by atoms with Gasteiger partial charge in [0, 0.05) is 24.8 Å². The quantitative estimate of drug-likeness (QED) is 0.266. The predicted molar refractivity (Wildman–Crippen MR) is 137 cm³/mol. The lowest BCUT2D eigenvalue weighted by Crippen LogP contribution is -1.95. The lowest BCUT2D eigenvalue weighted by molar-refractivity contribution is 0.378. The number of hydrogen-bond donors (Lipinski definition) is 0. The van der Waals surface area contributed by atoms with Crippen LogP contribution in [0, 0.1) is 0 Å². The smallest absolute Gasteiger partial charge is 0.169 e. The van der Waals surface area contributed by atoms with Gasteiger partial charge in [0.2, 0.25) is 0 Å². The van der Waals surface area contributed by atoms with E-state index in [9.17, 15) is 0 Å². The summed E-state index contributed by atoms with van der Waals surface area (Å²) < 4.78 is 11.7. The molecule has 4 nitrogen and oxygen atoms in total. The molecule has 0 N–H and O–H groups in total. The molecule has 0 aliphatic rings. The molecule has 2 heterocycles. The number of aromatic nitrogens is 2. The minimum Gasteiger partial charge on any atom is -0.493 e. The van der Waals surface area contributed by atoms with Gasteiger partial charge in [-0.05, 0) is 96.5 Å². The molecule has 0 bridgehead atoms. The molecule has 0 saturated carbocycles. The van der Waals surface area contributed by atoms with E-state index in [2.05, 4.69) is 58.5 Å². The number of ether oxygens (including phenoxy) is 2. The summed E-state index contributed by atoms with van der Waals surface area (Å²) in [6.07, 6.45) is 11.2. The van der Waals surface area contributed by atoms with Crippen molar-refractivity contribution < 1.29 is 9.47 Å². The van der Waals surface area contributed by atoms with Gasteiger partial charge in [0.15, 0.2) is 11.5 Å². The lowest BCUT2D eigenvalue weighted by atomic mass is 10.0. The van der Waals surface area contributed by atoms with Crippen LogP contribution in [0.2, 0.25) is 0 Å². The van der Waals surface area contributed by atoms with Crippen molar-refractivity contribution in [3.05, 3.63) is 114 Å². The van der Waals surface area contributed by atoms with E-state index < -0.39 is 0 Å². The molecule has 0 unspecified atom stereocenters. The highest BCUT2D eigenvalue weighted by atomic mass is 35.5. The van der Waals surface area contributed by atoms with E-state index in [4.69, 9.17) is 9.47 Å². The first-order valence-corrected chi connectivity index (χ1v) is 10.5. The molecule has 33 heavy (non-hydrogen) atoms. The highest BCUT2D eigenvalue weighted by molar-refractivity contribution is 5.85. The lowest BCUT2D eigenvalue weighted by Gasteiger charge is -2.12. The number of halogens is 2. The second-order valence-corrected chi connectivity index (χ2v) is 7.44. The Kier molecular flexibility index (Phi) is 10.7. The summed E-state index contributed by atoms with van der Waals surface area (Å²) in [4.78, 5) is 8.14. The fourth-order valence-corrected chi connectivity index (χ4v) is 3.48. The molecule has 0 fully saturated rings. The second kappa shape index (κ2) is 13.5. The van der Waals surface area contributed by atoms with Crippen molar-refractivity contribution in [3.8, 4) is 17.2 Å². The van der Waals surface area contributed by atoms with Gasteiger partial charge in [0.25, 0.3) is 0 Å². The van der Waals surface area contributed by atoms with Crippen LogP contribution in [0.3, 0.4) is 0 Å². The predicted octanol–water partition coefficient (Wildman–Crippen LogP) is 6.69. The summed E-state index contributed by atoms with van der Waals surface area (Å²) in [6, 6.07) is 22.6. The van der Waals surface area contributed by atoms with Gasteiger partial charge in [-0.3, -0.25) is 9.97 Å². The molecule has 0 saturated heterocycles. The first kappa shape index (κ1) is 26.2. The molecule has 0 aliphatic carbocycles. The molecule has 4 aromatic rings. The Morgan fingerprint density at radius 3 is 1.52 bits per heavy atom. The summed E-state index contributed by atoms with van der Waals surface area (Å²) in [5.74, 6) is 2.27. The molecule has 0 atom stereocenters. The zero-order valence-electron chi connectivity index (χ0n) is 18.5. The topological polar surface area (TPSA) is 44.2 Å². The van der Waals surface area contributed by atoms with E-state index in [1.807, 2.05) is 43.0 Å². The molecule has 0 spiro atoms. The molecular weight excluding hydrogens is 455 g/mol. The first-order chi connectivity index (χ1) is 15.3. The largest absolute Gasteiger partial charge is 0.493 e. The SMILES string of the molecule is COc1cc(CCc2ccncc2)ccc1Oc1ccc(CCc2ccncc2)cc1.Cl.Cl. The molecule has 172 valence electrons. The van der Waals surface area contributed by atoms with Crippen LogP contribution >= 0.6 is 24.8 Å². The van der Waals surface area contributed by atoms with Gasteiger partial charge in [0.1, 0.15) is 5.75 Å². The summed E-state index contributed by atoms with van der Waals surface area (Å²) in [5.41, 5.74) is 5.07. The summed E-state index contributed by atoms with van der Waals surface area (Å²) in [6.45, 7) is 0. The molecule has 0 radical (unpaired) electrons. The van der Waals surface area contributed by atoms with Crippen LogP contribution < -0.4 is 9.47 Å². The van der Waals surface area contributed by atoms with Crippen LogP contribution in [0.25, 0.3) is 0 Å². The van der Waals surface area contributed by atoms with Crippen molar-refractivity contribution in [1.29, 1.82) is 0 Å². The van der Waals surface area contributed by atoms with Crippen LogP contribution in [-0.4, -0.2) is 17.1 Å². The molecule has 2 aromatic heterocycles. The number of pyridine rings is 2. The van der Waals surface area contributed by atoms with Gasteiger partial charge in [-0.15, -0.1) is 24.8 Å². The van der Waals surface area contributed by atoms with E-state index in [0.29, 0.717) is 0 Å². The van der Waals surface area contributed by atoms with Gasteiger partial charge >= 0.3 is 0 Å². The van der Waals surface area contributed by atoms with Gasteiger partial charge in [-0.1, -0.05) is 18.2 Å². The average Bonchev–Trinajstić information content (AvgIpc) is 2.84. The van der Waals surface area contributed by atoms with Crippen molar-refractivity contribution in [3.63, 3.8) is 0 Å². The van der Waals surface area contributed by atoms with Crippen molar-refractivity contribution in [2.24, 2.45) is 0 Å². The Balaban J connectivity index is 0.00000193. The number of rotatable bonds is 9. The summed E-state index contributed by atoms with van der Waals surface area (Å²) >= 11 is 0. The van der Waals surface area contributed by atoms with Gasteiger partial charge in [0.05, 0.1) is 7.11 Å². The fourth-order valence-electron chi connectivity index (χ4n) is 3.48. The Morgan fingerprint density at radius 2 is 1.00 bits per heavy atom. The van der Waals surface area contributed by atoms with Crippen LogP contribution in [0.5, 0.6) is 17.2 Å². The van der Waals surface area contributed by atoms with Crippen LogP contribution in [-0.2, 0) is 25.7 Å². The Morgan fingerprint density at radius 1 is 0.545 bits per heavy atom. The fraction of sp³-hybridized carbons (Fsp3) is 0.185. The third-order valence-corrected chi connectivity index (χ3v) is 5.28. The number of methoxy groups -OCH3 is 1. The van der Waals surface area contributed by atoms with Gasteiger partial charge < -0.3 is 9.47 Å². The molecule has 4 rings (SSSR count). The monoisotopic (exact) mass is 482 g/mol. The standard InChI is InChI=1S/C27H26N2O2.2ClH/c1-30-27-20-24(5-4-23-14-18-29-19-15-23)8-11-26(27)31-25-9-6-21(7-10-25)2-3-22-12-16-28-17-13-22;;/h6-20H,2-5H2,1H3;2*1H. The normalized spacial score (nSPS) is 9.97. The highest BCUT2D eigenvalue weighted by Gasteiger charge is 2.08. The summed E-state index contributed by atoms with van der Waals surface area (Å²) in [5, 5.41) is 0. The van der Waals surface area contributed by atoms with Crippen molar-refractivity contribution in [1.82, 2.24) is 9.97 Å². The van der Waals surface area contributed by atoms with E-state index in [1.54, 1.807) is 7.11 Å². The van der Waals surface area contributed by atoms with Crippen molar-refractivity contribution in [2.45, 2.75) is 25.7 Å². The maximum atomic E-state index is 6.09. The van der Waals surface area contributed by atoms with Crippen molar-refractivity contribution in [2.75, 3.05) is 7.11 Å². The maximum Gasteiger partial charge on any atom is 0.169 e. The Hall–Kier alpha value is -3.08. The van der Waals surface area contributed by atoms with Gasteiger partial charge in [-0.25, -0.2) is 0 Å². The molecule has 0 amide bonds. The first-order valence-electron chi connectivity index (χ1n) is 10.5. The third-order valence-electron chi connectivity index (χ3n) is 5.28. The molecule has 6 heteroatoms. The summed E-state index contributed by atoms with van der Waals surface area (Å²) in [7, 11) is 1.68. The second-order valence-electron chi connectivity index (χ2n) is 7.44. The number of aryl methyl sites for hydroxylation is 4. The van der Waals surface area contributed by atoms with E-state index >= 15 is 0 Å². The van der Waals surface area contributed by atoms with Crippen LogP contribution in [0.1, 0.15) is 22.3 Å². The van der Waals surface area contributed by atoms with E-state index in [0.717, 1.165) is 42.9 Å².